The highest BCUT2D eigenvalue weighted by Crippen LogP contribution is 2.37. The number of hydrogen-bond donors (Lipinski definition) is 0. The number of benzene rings is 2. The largest absolute Gasteiger partial charge is 0.491 e. The smallest absolute Gasteiger partial charge is 0.201 e. The molecule has 0 atom stereocenters. The molecule has 1 aliphatic rings. The molecule has 0 bridgehead atoms. The molecule has 0 spiro atoms. The van der Waals surface area contributed by atoms with Gasteiger partial charge in [0.2, 0.25) is 5.82 Å². The van der Waals surface area contributed by atoms with E-state index in [0.717, 1.165) is 11.5 Å². The molecule has 3 heteroatoms. The Morgan fingerprint density at radius 2 is 1.61 bits per heavy atom. The van der Waals surface area contributed by atoms with Gasteiger partial charge in [-0.25, -0.2) is 4.39 Å². The van der Waals surface area contributed by atoms with Gasteiger partial charge in [0, 0.05) is 5.56 Å². The lowest BCUT2D eigenvalue weighted by atomic mass is 9.77. The van der Waals surface area contributed by atoms with Gasteiger partial charge in [-0.1, -0.05) is 43.7 Å². The quantitative estimate of drug-likeness (QED) is 0.515. The van der Waals surface area contributed by atoms with Crippen molar-refractivity contribution >= 4 is 0 Å². The predicted octanol–water partition coefficient (Wildman–Crippen LogP) is 6.84. The van der Waals surface area contributed by atoms with Crippen LogP contribution in [0.15, 0.2) is 36.4 Å². The van der Waals surface area contributed by atoms with E-state index in [1.54, 1.807) is 6.92 Å². The summed E-state index contributed by atoms with van der Waals surface area (Å²) in [6, 6.07) is 11.1. The van der Waals surface area contributed by atoms with E-state index >= 15 is 0 Å². The van der Waals surface area contributed by atoms with Gasteiger partial charge in [-0.05, 0) is 74.3 Å². The lowest BCUT2D eigenvalue weighted by Gasteiger charge is -2.28. The average Bonchev–Trinajstić information content (AvgIpc) is 2.72. The van der Waals surface area contributed by atoms with E-state index in [9.17, 15) is 8.78 Å². The van der Waals surface area contributed by atoms with Crippen LogP contribution in [0.1, 0.15) is 75.0 Å². The van der Waals surface area contributed by atoms with Crippen LogP contribution in [0.4, 0.5) is 8.78 Å². The normalized spacial score (nSPS) is 19.0. The molecule has 0 N–H and O–H groups in total. The molecule has 0 aliphatic heterocycles. The Balaban J connectivity index is 1.67. The van der Waals surface area contributed by atoms with E-state index in [-0.39, 0.29) is 17.9 Å². The van der Waals surface area contributed by atoms with E-state index in [2.05, 4.69) is 30.9 Å². The highest BCUT2D eigenvalue weighted by atomic mass is 19.2. The zero-order valence-electron chi connectivity index (χ0n) is 16.7. The number of rotatable bonds is 5. The zero-order chi connectivity index (χ0) is 19.9. The molecule has 0 radical (unpaired) electrons. The summed E-state index contributed by atoms with van der Waals surface area (Å²) in [5, 5.41) is 0. The van der Waals surface area contributed by atoms with Crippen molar-refractivity contribution in [3.8, 4) is 17.6 Å². The maximum atomic E-state index is 14.1. The zero-order valence-corrected chi connectivity index (χ0v) is 16.7. The molecule has 1 aliphatic carbocycles. The van der Waals surface area contributed by atoms with E-state index in [0.29, 0.717) is 5.92 Å². The predicted molar refractivity (Wildman–Crippen MR) is 110 cm³/mol. The lowest BCUT2D eigenvalue weighted by Crippen LogP contribution is -2.13. The van der Waals surface area contributed by atoms with Gasteiger partial charge in [0.1, 0.15) is 0 Å². The third-order valence-corrected chi connectivity index (χ3v) is 5.61. The molecule has 0 unspecified atom stereocenters. The monoisotopic (exact) mass is 382 g/mol. The highest BCUT2D eigenvalue weighted by Gasteiger charge is 2.21. The Morgan fingerprint density at radius 3 is 2.25 bits per heavy atom. The summed E-state index contributed by atoms with van der Waals surface area (Å²) in [5.41, 5.74) is 2.20. The molecule has 0 heterocycles. The summed E-state index contributed by atoms with van der Waals surface area (Å²) in [6.07, 6.45) is 7.79. The van der Waals surface area contributed by atoms with Crippen LogP contribution in [0.3, 0.4) is 0 Å². The maximum absolute atomic E-state index is 14.1. The van der Waals surface area contributed by atoms with Crippen LogP contribution in [-0.2, 0) is 0 Å². The molecule has 1 fully saturated rings. The molecular weight excluding hydrogens is 354 g/mol. The van der Waals surface area contributed by atoms with Gasteiger partial charge in [0.25, 0.3) is 0 Å². The molecule has 148 valence electrons. The summed E-state index contributed by atoms with van der Waals surface area (Å²) in [4.78, 5) is 0. The van der Waals surface area contributed by atoms with Crippen LogP contribution < -0.4 is 4.74 Å². The number of halogens is 2. The molecular formula is C25H28F2O. The Bertz CT molecular complexity index is 837. The molecule has 2 aromatic carbocycles. The first-order valence-corrected chi connectivity index (χ1v) is 10.3. The third kappa shape index (κ3) is 4.93. The molecule has 1 saturated carbocycles. The van der Waals surface area contributed by atoms with Gasteiger partial charge in [0.05, 0.1) is 12.2 Å². The minimum Gasteiger partial charge on any atom is -0.491 e. The fourth-order valence-corrected chi connectivity index (χ4v) is 4.07. The summed E-state index contributed by atoms with van der Waals surface area (Å²) in [6.45, 7) is 4.28. The van der Waals surface area contributed by atoms with Crippen molar-refractivity contribution in [3.63, 3.8) is 0 Å². The molecule has 0 amide bonds. The number of ether oxygens (including phenoxy) is 1. The van der Waals surface area contributed by atoms with Crippen LogP contribution in [0.25, 0.3) is 0 Å². The fraction of sp³-hybridized carbons (Fsp3) is 0.440. The fourth-order valence-electron chi connectivity index (χ4n) is 4.07. The van der Waals surface area contributed by atoms with E-state index in [1.165, 1.54) is 56.2 Å². The Hall–Kier alpha value is -2.34. The van der Waals surface area contributed by atoms with Crippen molar-refractivity contribution in [1.82, 2.24) is 0 Å². The summed E-state index contributed by atoms with van der Waals surface area (Å²) in [7, 11) is 0. The highest BCUT2D eigenvalue weighted by molar-refractivity contribution is 5.46. The third-order valence-electron chi connectivity index (χ3n) is 5.61. The van der Waals surface area contributed by atoms with Gasteiger partial charge < -0.3 is 4.74 Å². The van der Waals surface area contributed by atoms with Crippen LogP contribution in [0.2, 0.25) is 0 Å². The minimum atomic E-state index is -0.984. The summed E-state index contributed by atoms with van der Waals surface area (Å²) < 4.78 is 33.1. The second kappa shape index (κ2) is 9.73. The van der Waals surface area contributed by atoms with E-state index in [1.807, 2.05) is 12.1 Å². The van der Waals surface area contributed by atoms with Gasteiger partial charge >= 0.3 is 0 Å². The van der Waals surface area contributed by atoms with Crippen LogP contribution >= 0.6 is 0 Å². The van der Waals surface area contributed by atoms with Gasteiger partial charge in [-0.15, -0.1) is 0 Å². The van der Waals surface area contributed by atoms with Gasteiger partial charge in [-0.3, -0.25) is 0 Å². The molecule has 0 aromatic heterocycles. The molecule has 2 aromatic rings. The lowest BCUT2D eigenvalue weighted by molar-refractivity contribution is 0.308. The van der Waals surface area contributed by atoms with E-state index in [4.69, 9.17) is 4.74 Å². The SMILES string of the molecule is CCC[C@H]1CC[C@H](c2ccc(C#Cc3ccc(OCC)c(F)c3F)cc2)CC1. The van der Waals surface area contributed by atoms with Crippen molar-refractivity contribution in [2.45, 2.75) is 58.3 Å². The number of hydrogen-bond acceptors (Lipinski definition) is 1. The Labute approximate surface area is 167 Å². The Morgan fingerprint density at radius 1 is 0.893 bits per heavy atom. The maximum Gasteiger partial charge on any atom is 0.201 e. The van der Waals surface area contributed by atoms with E-state index < -0.39 is 11.6 Å². The molecule has 28 heavy (non-hydrogen) atoms. The van der Waals surface area contributed by atoms with Gasteiger partial charge in [0.15, 0.2) is 11.6 Å². The van der Waals surface area contributed by atoms with Crippen molar-refractivity contribution in [2.24, 2.45) is 5.92 Å². The first-order valence-electron chi connectivity index (χ1n) is 10.3. The minimum absolute atomic E-state index is 0.0410. The van der Waals surface area contributed by atoms with Crippen molar-refractivity contribution in [1.29, 1.82) is 0 Å². The first-order chi connectivity index (χ1) is 13.6. The van der Waals surface area contributed by atoms with Gasteiger partial charge in [-0.2, -0.15) is 4.39 Å². The molecule has 0 saturated heterocycles. The molecule has 3 rings (SSSR count). The van der Waals surface area contributed by atoms with Crippen molar-refractivity contribution in [3.05, 3.63) is 64.7 Å². The second-order valence-corrected chi connectivity index (χ2v) is 7.55. The first kappa shape index (κ1) is 20.4. The van der Waals surface area contributed by atoms with Crippen LogP contribution in [0, 0.1) is 29.4 Å². The Kier molecular flexibility index (Phi) is 7.09. The van der Waals surface area contributed by atoms with Crippen LogP contribution in [0.5, 0.6) is 5.75 Å². The standard InChI is InChI=1S/C25H28F2O/c1-3-5-18-6-11-20(12-7-18)21-13-8-19(9-14-21)10-15-22-16-17-23(28-4-2)25(27)24(22)26/h8-9,13-14,16-18,20H,3-7,11-12H2,1-2H3/t18-,20-. The second-order valence-electron chi connectivity index (χ2n) is 7.55. The topological polar surface area (TPSA) is 9.23 Å². The summed E-state index contributed by atoms with van der Waals surface area (Å²) >= 11 is 0. The van der Waals surface area contributed by atoms with Crippen molar-refractivity contribution < 1.29 is 13.5 Å². The summed E-state index contributed by atoms with van der Waals surface area (Å²) in [5.74, 6) is 5.18. The van der Waals surface area contributed by atoms with Crippen molar-refractivity contribution in [2.75, 3.05) is 6.61 Å². The molecule has 1 nitrogen and oxygen atoms in total. The average molecular weight is 382 g/mol. The van der Waals surface area contributed by atoms with Crippen LogP contribution in [-0.4, -0.2) is 6.61 Å².